The van der Waals surface area contributed by atoms with Crippen LogP contribution in [0.1, 0.15) is 32.1 Å². The molecule has 1 amide bonds. The molecule has 110 valence electrons. The highest BCUT2D eigenvalue weighted by atomic mass is 16.3. The van der Waals surface area contributed by atoms with Crippen LogP contribution >= 0.6 is 0 Å². The average molecular weight is 269 g/mol. The van der Waals surface area contributed by atoms with Gasteiger partial charge in [-0.25, -0.2) is 0 Å². The second-order valence-electron chi connectivity index (χ2n) is 6.15. The Kier molecular flexibility index (Phi) is 5.19. The number of likely N-dealkylation sites (tertiary alicyclic amines) is 1. The Labute approximate surface area is 115 Å². The normalized spacial score (nSPS) is 32.6. The van der Waals surface area contributed by atoms with Gasteiger partial charge in [0.05, 0.1) is 12.1 Å². The van der Waals surface area contributed by atoms with Gasteiger partial charge in [-0.2, -0.15) is 0 Å². The summed E-state index contributed by atoms with van der Waals surface area (Å²) in [6.07, 6.45) is 4.77. The van der Waals surface area contributed by atoms with Gasteiger partial charge in [0.15, 0.2) is 0 Å². The molecule has 0 aromatic carbocycles. The molecule has 0 aromatic heterocycles. The van der Waals surface area contributed by atoms with Crippen LogP contribution in [0.3, 0.4) is 0 Å². The van der Waals surface area contributed by atoms with Crippen molar-refractivity contribution in [2.75, 3.05) is 33.7 Å². The van der Waals surface area contributed by atoms with Gasteiger partial charge in [-0.1, -0.05) is 12.8 Å². The third kappa shape index (κ3) is 3.91. The molecule has 2 aliphatic heterocycles. The number of β-amino-alcohol motifs (C(OH)–C–C–N with tert-alkyl or cyclic N) is 1. The van der Waals surface area contributed by atoms with Gasteiger partial charge in [-0.15, -0.1) is 0 Å². The molecule has 0 radical (unpaired) electrons. The molecule has 0 spiro atoms. The summed E-state index contributed by atoms with van der Waals surface area (Å²) in [7, 11) is 4.02. The first-order valence-electron chi connectivity index (χ1n) is 7.44. The van der Waals surface area contributed by atoms with Gasteiger partial charge in [0, 0.05) is 19.1 Å². The molecule has 0 bridgehead atoms. The highest BCUT2D eigenvalue weighted by molar-refractivity contribution is 5.82. The Bertz CT molecular complexity index is 301. The predicted octanol–water partition coefficient (Wildman–Crippen LogP) is 0.0420. The Morgan fingerprint density at radius 1 is 1.37 bits per heavy atom. The number of hydrogen-bond donors (Lipinski definition) is 2. The minimum Gasteiger partial charge on any atom is -0.391 e. The Morgan fingerprint density at radius 3 is 2.89 bits per heavy atom. The highest BCUT2D eigenvalue weighted by Crippen LogP contribution is 2.21. The zero-order chi connectivity index (χ0) is 13.8. The lowest BCUT2D eigenvalue weighted by Crippen LogP contribution is -2.50. The van der Waals surface area contributed by atoms with Crippen molar-refractivity contribution in [2.45, 2.75) is 50.3 Å². The first kappa shape index (κ1) is 14.8. The van der Waals surface area contributed by atoms with Crippen molar-refractivity contribution in [3.8, 4) is 0 Å². The monoisotopic (exact) mass is 269 g/mol. The number of aliphatic hydroxyl groups is 1. The second kappa shape index (κ2) is 6.68. The largest absolute Gasteiger partial charge is 0.391 e. The van der Waals surface area contributed by atoms with Crippen LogP contribution in [0, 0.1) is 0 Å². The molecule has 5 heteroatoms. The van der Waals surface area contributed by atoms with Gasteiger partial charge in [-0.3, -0.25) is 4.79 Å². The molecular formula is C14H27N3O2. The van der Waals surface area contributed by atoms with Crippen molar-refractivity contribution in [2.24, 2.45) is 0 Å². The van der Waals surface area contributed by atoms with Gasteiger partial charge in [0.2, 0.25) is 5.91 Å². The van der Waals surface area contributed by atoms with E-state index in [0.717, 1.165) is 32.4 Å². The highest BCUT2D eigenvalue weighted by Gasteiger charge is 2.37. The Morgan fingerprint density at radius 2 is 2.16 bits per heavy atom. The fourth-order valence-corrected chi connectivity index (χ4v) is 3.20. The van der Waals surface area contributed by atoms with E-state index in [4.69, 9.17) is 0 Å². The molecule has 3 atom stereocenters. The lowest BCUT2D eigenvalue weighted by atomic mass is 10.1. The van der Waals surface area contributed by atoms with E-state index in [1.54, 1.807) is 0 Å². The van der Waals surface area contributed by atoms with E-state index >= 15 is 0 Å². The van der Waals surface area contributed by atoms with Gasteiger partial charge >= 0.3 is 0 Å². The van der Waals surface area contributed by atoms with Crippen molar-refractivity contribution in [3.05, 3.63) is 0 Å². The lowest BCUT2D eigenvalue weighted by molar-refractivity contribution is -0.134. The number of carbonyl (C=O) groups excluding carboxylic acids is 1. The first-order valence-corrected chi connectivity index (χ1v) is 7.44. The number of likely N-dealkylation sites (N-methyl/N-ethyl adjacent to an activating group) is 1. The third-order valence-electron chi connectivity index (χ3n) is 4.11. The van der Waals surface area contributed by atoms with E-state index in [9.17, 15) is 9.90 Å². The van der Waals surface area contributed by atoms with Crippen LogP contribution in [0.5, 0.6) is 0 Å². The van der Waals surface area contributed by atoms with Crippen molar-refractivity contribution in [1.82, 2.24) is 15.1 Å². The van der Waals surface area contributed by atoms with Crippen molar-refractivity contribution < 1.29 is 9.90 Å². The number of nitrogens with zero attached hydrogens (tertiary/aromatic N) is 2. The fourth-order valence-electron chi connectivity index (χ4n) is 3.20. The number of rotatable bonds is 3. The summed E-state index contributed by atoms with van der Waals surface area (Å²) in [6, 6.07) is 0.111. The Balaban J connectivity index is 1.98. The number of aliphatic hydroxyl groups excluding tert-OH is 1. The molecule has 2 heterocycles. The van der Waals surface area contributed by atoms with Crippen LogP contribution in [0.15, 0.2) is 0 Å². The summed E-state index contributed by atoms with van der Waals surface area (Å²) in [4.78, 5) is 16.6. The molecule has 2 aliphatic rings. The predicted molar refractivity (Wildman–Crippen MR) is 74.9 cm³/mol. The molecule has 3 unspecified atom stereocenters. The quantitative estimate of drug-likeness (QED) is 0.760. The van der Waals surface area contributed by atoms with Gasteiger partial charge < -0.3 is 20.2 Å². The summed E-state index contributed by atoms with van der Waals surface area (Å²) in [5.74, 6) is 0.185. The average Bonchev–Trinajstić information content (AvgIpc) is 2.57. The number of amides is 1. The second-order valence-corrected chi connectivity index (χ2v) is 6.15. The van der Waals surface area contributed by atoms with E-state index in [0.29, 0.717) is 13.0 Å². The van der Waals surface area contributed by atoms with E-state index in [1.807, 2.05) is 19.0 Å². The maximum Gasteiger partial charge on any atom is 0.240 e. The summed E-state index contributed by atoms with van der Waals surface area (Å²) >= 11 is 0. The minimum atomic E-state index is -0.361. The van der Waals surface area contributed by atoms with Crippen LogP contribution in [0.4, 0.5) is 0 Å². The van der Waals surface area contributed by atoms with Crippen LogP contribution in [0.25, 0.3) is 0 Å². The topological polar surface area (TPSA) is 55.8 Å². The first-order chi connectivity index (χ1) is 9.08. The van der Waals surface area contributed by atoms with Gasteiger partial charge in [0.25, 0.3) is 0 Å². The fraction of sp³-hybridized carbons (Fsp3) is 0.929. The minimum absolute atomic E-state index is 0.0440. The summed E-state index contributed by atoms with van der Waals surface area (Å²) in [5.41, 5.74) is 0. The molecule has 0 aliphatic carbocycles. The molecule has 0 aromatic rings. The van der Waals surface area contributed by atoms with Crippen molar-refractivity contribution in [3.63, 3.8) is 0 Å². The van der Waals surface area contributed by atoms with Crippen LogP contribution in [-0.2, 0) is 4.79 Å². The molecule has 2 rings (SSSR count). The standard InChI is InChI=1S/C14H27N3O2/c1-16(2)9-11-8-12(18)10-17(11)14(19)13-6-4-3-5-7-15-13/h11-13,15,18H,3-10H2,1-2H3. The van der Waals surface area contributed by atoms with Gasteiger partial charge in [0.1, 0.15) is 0 Å². The van der Waals surface area contributed by atoms with Crippen LogP contribution in [-0.4, -0.2) is 72.7 Å². The molecular weight excluding hydrogens is 242 g/mol. The maximum absolute atomic E-state index is 12.6. The summed E-state index contributed by atoms with van der Waals surface area (Å²) < 4.78 is 0. The molecule has 0 saturated carbocycles. The Hall–Kier alpha value is -0.650. The van der Waals surface area contributed by atoms with Crippen molar-refractivity contribution in [1.29, 1.82) is 0 Å². The van der Waals surface area contributed by atoms with Gasteiger partial charge in [-0.05, 0) is 39.9 Å². The third-order valence-corrected chi connectivity index (χ3v) is 4.11. The summed E-state index contributed by atoms with van der Waals surface area (Å²) in [6.45, 7) is 2.26. The zero-order valence-corrected chi connectivity index (χ0v) is 12.1. The van der Waals surface area contributed by atoms with E-state index in [-0.39, 0.29) is 24.1 Å². The molecule has 19 heavy (non-hydrogen) atoms. The van der Waals surface area contributed by atoms with Crippen molar-refractivity contribution >= 4 is 5.91 Å². The van der Waals surface area contributed by atoms with Crippen LogP contribution in [0.2, 0.25) is 0 Å². The van der Waals surface area contributed by atoms with E-state index < -0.39 is 0 Å². The number of nitrogens with one attached hydrogen (secondary N) is 1. The molecule has 2 fully saturated rings. The van der Waals surface area contributed by atoms with E-state index in [2.05, 4.69) is 10.2 Å². The zero-order valence-electron chi connectivity index (χ0n) is 12.1. The molecule has 2 N–H and O–H groups in total. The SMILES string of the molecule is CN(C)CC1CC(O)CN1C(=O)C1CCCCCN1. The number of hydrogen-bond acceptors (Lipinski definition) is 4. The smallest absolute Gasteiger partial charge is 0.240 e. The lowest BCUT2D eigenvalue weighted by Gasteiger charge is -2.30. The summed E-state index contributed by atoms with van der Waals surface area (Å²) in [5, 5.41) is 13.2. The van der Waals surface area contributed by atoms with Crippen LogP contribution < -0.4 is 5.32 Å². The maximum atomic E-state index is 12.6. The molecule has 2 saturated heterocycles. The van der Waals surface area contributed by atoms with E-state index in [1.165, 1.54) is 6.42 Å². The molecule has 5 nitrogen and oxygen atoms in total. The number of carbonyl (C=O) groups is 1.